The van der Waals surface area contributed by atoms with Crippen LogP contribution in [0.1, 0.15) is 49.9 Å². The number of aromatic nitrogens is 3. The van der Waals surface area contributed by atoms with E-state index in [1.165, 1.54) is 62.4 Å². The summed E-state index contributed by atoms with van der Waals surface area (Å²) in [6.07, 6.45) is 3.14. The maximum Gasteiger partial charge on any atom is 0.416 e. The average molecular weight is 437 g/mol. The molecule has 0 radical (unpaired) electrons. The van der Waals surface area contributed by atoms with Gasteiger partial charge in [0.25, 0.3) is 0 Å². The van der Waals surface area contributed by atoms with Gasteiger partial charge in [-0.3, -0.25) is 9.89 Å². The Morgan fingerprint density at radius 2 is 1.83 bits per heavy atom. The third-order valence-corrected chi connectivity index (χ3v) is 7.66. The van der Waals surface area contributed by atoms with E-state index < -0.39 is 11.7 Å². The van der Waals surface area contributed by atoms with Gasteiger partial charge >= 0.3 is 6.18 Å². The topological polar surface area (TPSA) is 70.7 Å². The Bertz CT molecular complexity index is 922. The van der Waals surface area contributed by atoms with Crippen molar-refractivity contribution < 1.29 is 18.0 Å². The molecule has 0 atom stereocenters. The van der Waals surface area contributed by atoms with Crippen LogP contribution in [-0.4, -0.2) is 26.8 Å². The van der Waals surface area contributed by atoms with Gasteiger partial charge in [-0.2, -0.15) is 13.2 Å². The summed E-state index contributed by atoms with van der Waals surface area (Å²) in [4.78, 5) is 16.9. The lowest BCUT2D eigenvalue weighted by molar-refractivity contribution is -0.137. The molecular formula is C21H23F3N4OS. The van der Waals surface area contributed by atoms with Crippen LogP contribution in [0.2, 0.25) is 0 Å². The van der Waals surface area contributed by atoms with E-state index >= 15 is 0 Å². The number of thioether (sulfide) groups is 1. The molecule has 4 bridgehead atoms. The maximum atomic E-state index is 12.8. The van der Waals surface area contributed by atoms with E-state index in [0.29, 0.717) is 5.16 Å². The molecule has 6 rings (SSSR count). The predicted octanol–water partition coefficient (Wildman–Crippen LogP) is 5.02. The summed E-state index contributed by atoms with van der Waals surface area (Å²) in [5, 5.41) is 10.4. The molecule has 1 heterocycles. The Kier molecular flexibility index (Phi) is 4.83. The first kappa shape index (κ1) is 19.9. The van der Waals surface area contributed by atoms with E-state index in [4.69, 9.17) is 4.98 Å². The van der Waals surface area contributed by atoms with Gasteiger partial charge in [-0.15, -0.1) is 5.10 Å². The first-order valence-electron chi connectivity index (χ1n) is 10.3. The van der Waals surface area contributed by atoms with Crippen LogP contribution in [0, 0.1) is 17.8 Å². The molecule has 5 nitrogen and oxygen atoms in total. The number of carbonyl (C=O) groups is 1. The lowest BCUT2D eigenvalue weighted by atomic mass is 9.49. The highest BCUT2D eigenvalue weighted by atomic mass is 32.2. The second kappa shape index (κ2) is 7.28. The molecule has 0 spiro atoms. The van der Waals surface area contributed by atoms with Crippen molar-refractivity contribution in [3.63, 3.8) is 0 Å². The number of halogens is 3. The van der Waals surface area contributed by atoms with E-state index in [2.05, 4.69) is 15.5 Å². The quantitative estimate of drug-likeness (QED) is 0.646. The number of rotatable bonds is 5. The Balaban J connectivity index is 1.20. The smallest absolute Gasteiger partial charge is 0.325 e. The van der Waals surface area contributed by atoms with Crippen LogP contribution < -0.4 is 5.32 Å². The second-order valence-electron chi connectivity index (χ2n) is 9.08. The molecular weight excluding hydrogens is 413 g/mol. The molecule has 4 fully saturated rings. The molecule has 160 valence electrons. The van der Waals surface area contributed by atoms with Crippen molar-refractivity contribution in [1.29, 1.82) is 0 Å². The summed E-state index contributed by atoms with van der Waals surface area (Å²) in [6.45, 7) is 0. The van der Waals surface area contributed by atoms with Crippen LogP contribution in [0.5, 0.6) is 0 Å². The summed E-state index contributed by atoms with van der Waals surface area (Å²) < 4.78 is 38.4. The fourth-order valence-corrected chi connectivity index (χ4v) is 6.65. The zero-order valence-electron chi connectivity index (χ0n) is 16.3. The number of nitrogens with one attached hydrogen (secondary N) is 2. The summed E-state index contributed by atoms with van der Waals surface area (Å²) in [6, 6.07) is 4.62. The molecule has 4 saturated carbocycles. The highest BCUT2D eigenvalue weighted by Crippen LogP contribution is 2.60. The van der Waals surface area contributed by atoms with E-state index in [9.17, 15) is 18.0 Å². The van der Waals surface area contributed by atoms with Crippen molar-refractivity contribution in [2.24, 2.45) is 17.8 Å². The number of aromatic amines is 1. The molecule has 0 saturated heterocycles. The van der Waals surface area contributed by atoms with Gasteiger partial charge in [0.1, 0.15) is 5.82 Å². The van der Waals surface area contributed by atoms with Crippen molar-refractivity contribution in [2.75, 3.05) is 11.1 Å². The van der Waals surface area contributed by atoms with Crippen LogP contribution in [0.15, 0.2) is 29.4 Å². The first-order valence-corrected chi connectivity index (χ1v) is 11.3. The number of alkyl halides is 3. The van der Waals surface area contributed by atoms with Crippen molar-refractivity contribution in [1.82, 2.24) is 15.2 Å². The minimum atomic E-state index is -4.44. The van der Waals surface area contributed by atoms with E-state index in [0.717, 1.165) is 35.7 Å². The van der Waals surface area contributed by atoms with Crippen LogP contribution in [0.4, 0.5) is 18.9 Å². The van der Waals surface area contributed by atoms with Gasteiger partial charge in [-0.05, 0) is 74.5 Å². The summed E-state index contributed by atoms with van der Waals surface area (Å²) in [5.41, 5.74) is -0.553. The number of H-pyrrole nitrogens is 1. The zero-order chi connectivity index (χ0) is 20.9. The van der Waals surface area contributed by atoms with E-state index in [1.54, 1.807) is 0 Å². The number of hydrogen-bond donors (Lipinski definition) is 2. The van der Waals surface area contributed by atoms with Crippen LogP contribution in [0.25, 0.3) is 0 Å². The summed E-state index contributed by atoms with van der Waals surface area (Å²) >= 11 is 1.19. The molecule has 0 aliphatic heterocycles. The predicted molar refractivity (Wildman–Crippen MR) is 107 cm³/mol. The molecule has 9 heteroatoms. The van der Waals surface area contributed by atoms with Gasteiger partial charge in [-0.25, -0.2) is 4.98 Å². The normalized spacial score (nSPS) is 29.9. The van der Waals surface area contributed by atoms with Gasteiger partial charge in [0, 0.05) is 11.1 Å². The lowest BCUT2D eigenvalue weighted by Crippen LogP contribution is -2.49. The highest BCUT2D eigenvalue weighted by Gasteiger charge is 2.53. The molecule has 4 aliphatic carbocycles. The third-order valence-electron chi connectivity index (χ3n) is 6.81. The van der Waals surface area contributed by atoms with E-state index in [1.807, 2.05) is 0 Å². The Morgan fingerprint density at radius 1 is 1.17 bits per heavy atom. The standard InChI is InChI=1S/C21H23F3N4OS/c22-21(23,24)15-2-1-3-16(7-15)25-17(29)11-30-19-26-18(27-28-19)20-8-12-4-13(9-20)6-14(5-12)10-20/h1-3,7,12-14H,4-6,8-11H2,(H,25,29)(H,26,27,28). The van der Waals surface area contributed by atoms with Crippen molar-refractivity contribution in [3.8, 4) is 0 Å². The molecule has 4 aliphatic rings. The third kappa shape index (κ3) is 3.84. The number of carbonyl (C=O) groups excluding carboxylic acids is 1. The number of benzene rings is 1. The number of amides is 1. The highest BCUT2D eigenvalue weighted by molar-refractivity contribution is 7.99. The zero-order valence-corrected chi connectivity index (χ0v) is 17.2. The first-order chi connectivity index (χ1) is 14.3. The molecule has 1 aromatic carbocycles. The molecule has 1 amide bonds. The molecule has 2 N–H and O–H groups in total. The number of anilines is 1. The molecule has 1 aromatic heterocycles. The largest absolute Gasteiger partial charge is 0.416 e. The fourth-order valence-electron chi connectivity index (χ4n) is 6.05. The van der Waals surface area contributed by atoms with Crippen molar-refractivity contribution in [3.05, 3.63) is 35.7 Å². The van der Waals surface area contributed by atoms with Gasteiger partial charge in [0.2, 0.25) is 11.1 Å². The van der Waals surface area contributed by atoms with Gasteiger partial charge in [0.05, 0.1) is 11.3 Å². The Hall–Kier alpha value is -2.03. The monoisotopic (exact) mass is 436 g/mol. The lowest BCUT2D eigenvalue weighted by Gasteiger charge is -2.55. The maximum absolute atomic E-state index is 12.8. The molecule has 30 heavy (non-hydrogen) atoms. The SMILES string of the molecule is O=C(CSc1n[nH]c(C23CC4CC(CC(C4)C2)C3)n1)Nc1cccc(C(F)(F)F)c1. The minimum absolute atomic E-state index is 0.0361. The Labute approximate surface area is 176 Å². The minimum Gasteiger partial charge on any atom is -0.325 e. The summed E-state index contributed by atoms with van der Waals surface area (Å²) in [5.74, 6) is 3.00. The van der Waals surface area contributed by atoms with E-state index in [-0.39, 0.29) is 22.8 Å². The second-order valence-corrected chi connectivity index (χ2v) is 10.0. The number of nitrogens with zero attached hydrogens (tertiary/aromatic N) is 2. The van der Waals surface area contributed by atoms with Gasteiger partial charge < -0.3 is 5.32 Å². The number of hydrogen-bond acceptors (Lipinski definition) is 4. The van der Waals surface area contributed by atoms with Crippen LogP contribution in [0.3, 0.4) is 0 Å². The van der Waals surface area contributed by atoms with Crippen molar-refractivity contribution in [2.45, 2.75) is 55.3 Å². The van der Waals surface area contributed by atoms with Gasteiger partial charge in [0.15, 0.2) is 0 Å². The fraction of sp³-hybridized carbons (Fsp3) is 0.571. The van der Waals surface area contributed by atoms with Crippen molar-refractivity contribution >= 4 is 23.4 Å². The Morgan fingerprint density at radius 3 is 2.47 bits per heavy atom. The van der Waals surface area contributed by atoms with Crippen LogP contribution >= 0.6 is 11.8 Å². The molecule has 0 unspecified atom stereocenters. The van der Waals surface area contributed by atoms with Gasteiger partial charge in [-0.1, -0.05) is 17.8 Å². The van der Waals surface area contributed by atoms with Crippen LogP contribution in [-0.2, 0) is 16.4 Å². The summed E-state index contributed by atoms with van der Waals surface area (Å²) in [7, 11) is 0. The molecule has 2 aromatic rings. The average Bonchev–Trinajstić information content (AvgIpc) is 3.15.